The van der Waals surface area contributed by atoms with Gasteiger partial charge in [-0.1, -0.05) is 0 Å². The molecule has 0 bridgehead atoms. The van der Waals surface area contributed by atoms with Crippen LogP contribution in [0.5, 0.6) is 0 Å². The van der Waals surface area contributed by atoms with Crippen LogP contribution in [-0.4, -0.2) is 24.5 Å². The van der Waals surface area contributed by atoms with Gasteiger partial charge in [0, 0.05) is 17.8 Å². The van der Waals surface area contributed by atoms with Gasteiger partial charge in [-0.2, -0.15) is 0 Å². The van der Waals surface area contributed by atoms with Crippen LogP contribution in [0.4, 0.5) is 10.5 Å². The summed E-state index contributed by atoms with van der Waals surface area (Å²) in [5, 5.41) is 0. The van der Waals surface area contributed by atoms with Crippen LogP contribution in [-0.2, 0) is 4.74 Å². The van der Waals surface area contributed by atoms with Gasteiger partial charge < -0.3 is 4.74 Å². The Kier molecular flexibility index (Phi) is 4.48. The maximum absolute atomic E-state index is 12.0. The van der Waals surface area contributed by atoms with Crippen molar-refractivity contribution in [2.45, 2.75) is 33.3 Å². The van der Waals surface area contributed by atoms with E-state index in [1.165, 1.54) is 4.90 Å². The van der Waals surface area contributed by atoms with Gasteiger partial charge in [-0.3, -0.25) is 9.69 Å². The van der Waals surface area contributed by atoms with Gasteiger partial charge in [0.1, 0.15) is 11.9 Å². The summed E-state index contributed by atoms with van der Waals surface area (Å²) in [6, 6.07) is 6.82. The van der Waals surface area contributed by atoms with E-state index in [0.717, 1.165) is 12.0 Å². The van der Waals surface area contributed by atoms with Gasteiger partial charge in [0.25, 0.3) is 0 Å². The van der Waals surface area contributed by atoms with Gasteiger partial charge >= 0.3 is 6.09 Å². The number of rotatable bonds is 3. The van der Waals surface area contributed by atoms with Crippen molar-refractivity contribution in [2.75, 3.05) is 11.4 Å². The zero-order valence-electron chi connectivity index (χ0n) is 11.3. The van der Waals surface area contributed by atoms with Crippen LogP contribution in [0, 0.1) is 0 Å². The van der Waals surface area contributed by atoms with E-state index >= 15 is 0 Å². The van der Waals surface area contributed by atoms with Gasteiger partial charge in [-0.05, 0) is 52.0 Å². The van der Waals surface area contributed by atoms with Crippen LogP contribution in [0.25, 0.3) is 0 Å². The number of ether oxygens (including phenoxy) is 1. The number of nitrogens with zero attached hydrogens (tertiary/aromatic N) is 1. The molecule has 0 saturated carbocycles. The number of aldehydes is 1. The molecule has 0 aromatic heterocycles. The second-order valence-corrected chi connectivity index (χ2v) is 4.93. The van der Waals surface area contributed by atoms with E-state index in [-0.39, 0.29) is 6.09 Å². The van der Waals surface area contributed by atoms with Crippen molar-refractivity contribution in [1.29, 1.82) is 0 Å². The Bertz CT molecular complexity index is 418. The van der Waals surface area contributed by atoms with E-state index in [9.17, 15) is 9.59 Å². The molecular weight excluding hydrogens is 230 g/mol. The van der Waals surface area contributed by atoms with Crippen molar-refractivity contribution in [3.8, 4) is 0 Å². The fraction of sp³-hybridized carbons (Fsp3) is 0.429. The number of carbonyl (C=O) groups excluding carboxylic acids is 2. The maximum atomic E-state index is 12.0. The third-order valence-electron chi connectivity index (χ3n) is 2.27. The smallest absolute Gasteiger partial charge is 0.414 e. The van der Waals surface area contributed by atoms with Crippen molar-refractivity contribution >= 4 is 18.1 Å². The minimum atomic E-state index is -0.521. The third-order valence-corrected chi connectivity index (χ3v) is 2.27. The Hall–Kier alpha value is -1.84. The first-order valence-electron chi connectivity index (χ1n) is 5.93. The number of hydrogen-bond donors (Lipinski definition) is 0. The molecule has 4 heteroatoms. The first kappa shape index (κ1) is 14.2. The second-order valence-electron chi connectivity index (χ2n) is 4.93. The molecule has 0 aliphatic rings. The number of anilines is 1. The molecule has 18 heavy (non-hydrogen) atoms. The highest BCUT2D eigenvalue weighted by Gasteiger charge is 2.22. The molecule has 0 aliphatic carbocycles. The van der Waals surface area contributed by atoms with Gasteiger partial charge in [0.05, 0.1) is 0 Å². The molecule has 0 saturated heterocycles. The van der Waals surface area contributed by atoms with Crippen molar-refractivity contribution in [3.63, 3.8) is 0 Å². The Morgan fingerprint density at radius 1 is 1.28 bits per heavy atom. The second kappa shape index (κ2) is 5.67. The lowest BCUT2D eigenvalue weighted by Gasteiger charge is -2.26. The molecule has 1 aromatic carbocycles. The zero-order chi connectivity index (χ0) is 13.8. The van der Waals surface area contributed by atoms with E-state index in [0.29, 0.717) is 12.1 Å². The summed E-state index contributed by atoms with van der Waals surface area (Å²) in [6.45, 7) is 7.86. The fourth-order valence-corrected chi connectivity index (χ4v) is 1.47. The van der Waals surface area contributed by atoms with Crippen molar-refractivity contribution < 1.29 is 14.3 Å². The molecule has 0 heterocycles. The molecule has 1 aromatic rings. The van der Waals surface area contributed by atoms with E-state index in [2.05, 4.69) is 0 Å². The van der Waals surface area contributed by atoms with Gasteiger partial charge in [-0.25, -0.2) is 4.79 Å². The van der Waals surface area contributed by atoms with Crippen molar-refractivity contribution in [2.24, 2.45) is 0 Å². The number of benzene rings is 1. The van der Waals surface area contributed by atoms with Crippen LogP contribution >= 0.6 is 0 Å². The lowest BCUT2D eigenvalue weighted by atomic mass is 10.2. The molecule has 0 radical (unpaired) electrons. The summed E-state index contributed by atoms with van der Waals surface area (Å²) in [5.41, 5.74) is 0.782. The van der Waals surface area contributed by atoms with Crippen LogP contribution in [0.1, 0.15) is 38.1 Å². The normalized spacial score (nSPS) is 10.9. The van der Waals surface area contributed by atoms with Crippen LogP contribution in [0.2, 0.25) is 0 Å². The highest BCUT2D eigenvalue weighted by Crippen LogP contribution is 2.18. The van der Waals surface area contributed by atoms with Gasteiger partial charge in [0.15, 0.2) is 0 Å². The molecule has 0 unspecified atom stereocenters. The third kappa shape index (κ3) is 3.87. The molecule has 0 aliphatic heterocycles. The summed E-state index contributed by atoms with van der Waals surface area (Å²) >= 11 is 0. The predicted octanol–water partition coefficient (Wildman–Crippen LogP) is 3.26. The quantitative estimate of drug-likeness (QED) is 0.772. The summed E-state index contributed by atoms with van der Waals surface area (Å²) in [4.78, 5) is 24.1. The predicted molar refractivity (Wildman–Crippen MR) is 71.1 cm³/mol. The summed E-state index contributed by atoms with van der Waals surface area (Å²) < 4.78 is 5.32. The van der Waals surface area contributed by atoms with Crippen molar-refractivity contribution in [3.05, 3.63) is 29.8 Å². The SMILES string of the molecule is CCN(C(=O)OC(C)(C)C)c1ccc(C=O)cc1. The maximum Gasteiger partial charge on any atom is 0.414 e. The fourth-order valence-electron chi connectivity index (χ4n) is 1.47. The van der Waals surface area contributed by atoms with Crippen LogP contribution < -0.4 is 4.90 Å². The van der Waals surface area contributed by atoms with Gasteiger partial charge in [-0.15, -0.1) is 0 Å². The Morgan fingerprint density at radius 3 is 2.22 bits per heavy atom. The molecule has 98 valence electrons. The van der Waals surface area contributed by atoms with Crippen LogP contribution in [0.3, 0.4) is 0 Å². The Balaban J connectivity index is 2.88. The van der Waals surface area contributed by atoms with Gasteiger partial charge in [0.2, 0.25) is 0 Å². The first-order chi connectivity index (χ1) is 8.37. The van der Waals surface area contributed by atoms with Crippen LogP contribution in [0.15, 0.2) is 24.3 Å². The first-order valence-corrected chi connectivity index (χ1v) is 5.93. The number of hydrogen-bond acceptors (Lipinski definition) is 3. The van der Waals surface area contributed by atoms with E-state index in [1.807, 2.05) is 27.7 Å². The number of carbonyl (C=O) groups is 2. The summed E-state index contributed by atoms with van der Waals surface area (Å²) in [5.74, 6) is 0. The topological polar surface area (TPSA) is 46.6 Å². The molecule has 1 rings (SSSR count). The lowest BCUT2D eigenvalue weighted by molar-refractivity contribution is 0.0582. The minimum absolute atomic E-state index is 0.385. The molecule has 0 fully saturated rings. The Morgan fingerprint density at radius 2 is 1.83 bits per heavy atom. The molecule has 4 nitrogen and oxygen atoms in total. The largest absolute Gasteiger partial charge is 0.443 e. The standard InChI is InChI=1S/C14H19NO3/c1-5-15(13(17)18-14(2,3)4)12-8-6-11(10-16)7-9-12/h6-10H,5H2,1-4H3. The number of amides is 1. The average Bonchev–Trinajstić information content (AvgIpc) is 2.28. The molecule has 0 spiro atoms. The highest BCUT2D eigenvalue weighted by molar-refractivity contribution is 5.88. The molecule has 0 N–H and O–H groups in total. The average molecular weight is 249 g/mol. The highest BCUT2D eigenvalue weighted by atomic mass is 16.6. The monoisotopic (exact) mass is 249 g/mol. The van der Waals surface area contributed by atoms with E-state index < -0.39 is 5.60 Å². The molecule has 0 atom stereocenters. The van der Waals surface area contributed by atoms with E-state index in [1.54, 1.807) is 24.3 Å². The van der Waals surface area contributed by atoms with E-state index in [4.69, 9.17) is 4.74 Å². The lowest BCUT2D eigenvalue weighted by Crippen LogP contribution is -2.36. The summed E-state index contributed by atoms with van der Waals surface area (Å²) in [7, 11) is 0. The van der Waals surface area contributed by atoms with Crippen molar-refractivity contribution in [1.82, 2.24) is 0 Å². The Labute approximate surface area is 108 Å². The zero-order valence-corrected chi connectivity index (χ0v) is 11.3. The summed E-state index contributed by atoms with van der Waals surface area (Å²) in [6.07, 6.45) is 0.386. The minimum Gasteiger partial charge on any atom is -0.443 e. The molecule has 1 amide bonds. The molecular formula is C14H19NO3.